The summed E-state index contributed by atoms with van der Waals surface area (Å²) in [5.74, 6) is 0.456. The summed E-state index contributed by atoms with van der Waals surface area (Å²) in [6.07, 6.45) is 3.13. The van der Waals surface area contributed by atoms with Gasteiger partial charge in [-0.15, -0.1) is 0 Å². The molecule has 0 saturated carbocycles. The van der Waals surface area contributed by atoms with Crippen LogP contribution in [0.2, 0.25) is 0 Å². The number of carbonyl (C=O) groups excluding carboxylic acids is 2. The van der Waals surface area contributed by atoms with Gasteiger partial charge in [-0.05, 0) is 66.6 Å². The van der Waals surface area contributed by atoms with Crippen molar-refractivity contribution in [2.75, 3.05) is 13.7 Å². The van der Waals surface area contributed by atoms with Crippen LogP contribution in [0.1, 0.15) is 39.9 Å². The Kier molecular flexibility index (Phi) is 4.81. The monoisotopic (exact) mass is 380 g/mol. The molecule has 1 saturated heterocycles. The number of hydrogen-bond donors (Lipinski definition) is 2. The summed E-state index contributed by atoms with van der Waals surface area (Å²) < 4.78 is 5.28. The van der Waals surface area contributed by atoms with Crippen LogP contribution in [-0.4, -0.2) is 35.6 Å². The van der Waals surface area contributed by atoms with E-state index >= 15 is 0 Å². The van der Waals surface area contributed by atoms with Crippen LogP contribution in [0.25, 0.3) is 0 Å². The molecule has 2 N–H and O–H groups in total. The molecule has 28 heavy (non-hydrogen) atoms. The molecule has 1 spiro atoms. The van der Waals surface area contributed by atoms with Crippen LogP contribution in [0.15, 0.2) is 42.5 Å². The molecule has 2 aromatic rings. The highest BCUT2D eigenvalue weighted by Crippen LogP contribution is 2.44. The van der Waals surface area contributed by atoms with Gasteiger partial charge in [0.1, 0.15) is 5.75 Å². The van der Waals surface area contributed by atoms with E-state index in [0.29, 0.717) is 18.5 Å². The number of methoxy groups -OCH3 is 1. The minimum atomic E-state index is -0.528. The van der Waals surface area contributed by atoms with E-state index in [1.807, 2.05) is 35.2 Å². The number of benzene rings is 2. The van der Waals surface area contributed by atoms with Crippen molar-refractivity contribution >= 4 is 11.8 Å². The fourth-order valence-electron chi connectivity index (χ4n) is 4.50. The number of aryl methyl sites for hydroxylation is 1. The van der Waals surface area contributed by atoms with Crippen LogP contribution in [0.4, 0.5) is 0 Å². The van der Waals surface area contributed by atoms with Crippen LogP contribution >= 0.6 is 0 Å². The molecule has 0 radical (unpaired) electrons. The standard InChI is InChI=1S/C22H24N2O4/c1-28-19-4-2-3-15(11-19)14-24-10-9-22(21(24)26)8-7-16-5-6-17(20(25)23-27)12-18(16)13-22/h2-6,11-12,27H,7-10,13-14H2,1H3,(H,23,25)/t22-/m0/s1. The van der Waals surface area contributed by atoms with Crippen molar-refractivity contribution in [1.29, 1.82) is 0 Å². The minimum absolute atomic E-state index is 0.193. The van der Waals surface area contributed by atoms with Gasteiger partial charge in [0.15, 0.2) is 0 Å². The first-order valence-electron chi connectivity index (χ1n) is 9.53. The van der Waals surface area contributed by atoms with Gasteiger partial charge in [-0.1, -0.05) is 18.2 Å². The Hall–Kier alpha value is -2.86. The SMILES string of the molecule is COc1cccc(CN2CC[C@]3(CCc4ccc(C(=O)NO)cc4C3)C2=O)c1. The van der Waals surface area contributed by atoms with Crippen molar-refractivity contribution in [2.45, 2.75) is 32.2 Å². The predicted octanol–water partition coefficient (Wildman–Crippen LogP) is 2.72. The van der Waals surface area contributed by atoms with E-state index in [1.165, 1.54) is 5.56 Å². The second-order valence-electron chi connectivity index (χ2n) is 7.71. The van der Waals surface area contributed by atoms with Gasteiger partial charge in [0.05, 0.1) is 12.5 Å². The van der Waals surface area contributed by atoms with E-state index in [0.717, 1.165) is 42.7 Å². The predicted molar refractivity (Wildman–Crippen MR) is 103 cm³/mol. The summed E-state index contributed by atoms with van der Waals surface area (Å²) in [4.78, 5) is 27.0. The third kappa shape index (κ3) is 3.24. The maximum atomic E-state index is 13.3. The number of hydrogen-bond acceptors (Lipinski definition) is 4. The summed E-state index contributed by atoms with van der Waals surface area (Å²) >= 11 is 0. The summed E-state index contributed by atoms with van der Waals surface area (Å²) in [6.45, 7) is 1.32. The smallest absolute Gasteiger partial charge is 0.274 e. The van der Waals surface area contributed by atoms with Crippen molar-refractivity contribution in [1.82, 2.24) is 10.4 Å². The maximum Gasteiger partial charge on any atom is 0.274 e. The molecule has 0 unspecified atom stereocenters. The zero-order valence-electron chi connectivity index (χ0n) is 15.9. The van der Waals surface area contributed by atoms with Crippen LogP contribution in [0, 0.1) is 5.41 Å². The molecular formula is C22H24N2O4. The van der Waals surface area contributed by atoms with E-state index in [-0.39, 0.29) is 11.3 Å². The lowest BCUT2D eigenvalue weighted by Gasteiger charge is -2.33. The van der Waals surface area contributed by atoms with Crippen LogP contribution in [-0.2, 0) is 24.2 Å². The number of nitrogens with one attached hydrogen (secondary N) is 1. The second-order valence-corrected chi connectivity index (χ2v) is 7.71. The topological polar surface area (TPSA) is 78.9 Å². The third-order valence-electron chi connectivity index (χ3n) is 6.08. The first-order valence-corrected chi connectivity index (χ1v) is 9.53. The van der Waals surface area contributed by atoms with E-state index in [1.54, 1.807) is 24.7 Å². The first kappa shape index (κ1) is 18.5. The summed E-state index contributed by atoms with van der Waals surface area (Å²) in [6, 6.07) is 13.3. The number of amides is 2. The Labute approximate surface area is 164 Å². The van der Waals surface area contributed by atoms with Crippen molar-refractivity contribution in [3.8, 4) is 5.75 Å². The highest BCUT2D eigenvalue weighted by molar-refractivity contribution is 5.93. The fraction of sp³-hybridized carbons (Fsp3) is 0.364. The van der Waals surface area contributed by atoms with Gasteiger partial charge in [-0.25, -0.2) is 5.48 Å². The van der Waals surface area contributed by atoms with Crippen LogP contribution in [0.5, 0.6) is 5.75 Å². The van der Waals surface area contributed by atoms with Gasteiger partial charge in [0.2, 0.25) is 5.91 Å². The lowest BCUT2D eigenvalue weighted by Crippen LogP contribution is -2.38. The van der Waals surface area contributed by atoms with E-state index in [4.69, 9.17) is 9.94 Å². The molecule has 2 aromatic carbocycles. The van der Waals surface area contributed by atoms with Gasteiger partial charge in [-0.2, -0.15) is 0 Å². The second kappa shape index (κ2) is 7.28. The lowest BCUT2D eigenvalue weighted by molar-refractivity contribution is -0.137. The zero-order chi connectivity index (χ0) is 19.7. The van der Waals surface area contributed by atoms with Gasteiger partial charge in [0.25, 0.3) is 5.91 Å². The minimum Gasteiger partial charge on any atom is -0.497 e. The maximum absolute atomic E-state index is 13.3. The van der Waals surface area contributed by atoms with Gasteiger partial charge >= 0.3 is 0 Å². The van der Waals surface area contributed by atoms with Crippen LogP contribution in [0.3, 0.4) is 0 Å². The molecule has 6 nitrogen and oxygen atoms in total. The molecule has 0 bridgehead atoms. The Morgan fingerprint density at radius 3 is 2.86 bits per heavy atom. The molecule has 1 heterocycles. The molecule has 1 atom stereocenters. The van der Waals surface area contributed by atoms with E-state index in [2.05, 4.69) is 0 Å². The number of ether oxygens (including phenoxy) is 1. The Morgan fingerprint density at radius 1 is 1.21 bits per heavy atom. The number of rotatable bonds is 4. The van der Waals surface area contributed by atoms with Gasteiger partial charge < -0.3 is 9.64 Å². The van der Waals surface area contributed by atoms with Gasteiger partial charge in [-0.3, -0.25) is 14.8 Å². The number of carbonyl (C=O) groups is 2. The molecule has 0 aromatic heterocycles. The Morgan fingerprint density at radius 2 is 2.07 bits per heavy atom. The Balaban J connectivity index is 1.53. The molecule has 2 amide bonds. The van der Waals surface area contributed by atoms with E-state index in [9.17, 15) is 9.59 Å². The highest BCUT2D eigenvalue weighted by atomic mass is 16.5. The fourth-order valence-corrected chi connectivity index (χ4v) is 4.50. The molecular weight excluding hydrogens is 356 g/mol. The highest BCUT2D eigenvalue weighted by Gasteiger charge is 2.48. The number of hydroxylamine groups is 1. The van der Waals surface area contributed by atoms with Crippen molar-refractivity contribution in [3.63, 3.8) is 0 Å². The quantitative estimate of drug-likeness (QED) is 0.631. The molecule has 1 fully saturated rings. The molecule has 146 valence electrons. The molecule has 6 heteroatoms. The third-order valence-corrected chi connectivity index (χ3v) is 6.08. The summed E-state index contributed by atoms with van der Waals surface area (Å²) in [5, 5.41) is 8.88. The number of likely N-dealkylation sites (tertiary alicyclic amines) is 1. The van der Waals surface area contributed by atoms with Gasteiger partial charge in [0, 0.05) is 18.7 Å². The lowest BCUT2D eigenvalue weighted by atomic mass is 9.70. The molecule has 1 aliphatic heterocycles. The first-order chi connectivity index (χ1) is 13.5. The zero-order valence-corrected chi connectivity index (χ0v) is 15.9. The number of nitrogens with zero attached hydrogens (tertiary/aromatic N) is 1. The normalized spacial score (nSPS) is 20.9. The molecule has 1 aliphatic carbocycles. The average Bonchev–Trinajstić information content (AvgIpc) is 3.02. The van der Waals surface area contributed by atoms with Crippen molar-refractivity contribution < 1.29 is 19.5 Å². The Bertz CT molecular complexity index is 927. The largest absolute Gasteiger partial charge is 0.497 e. The molecule has 4 rings (SSSR count). The van der Waals surface area contributed by atoms with Crippen molar-refractivity contribution in [3.05, 3.63) is 64.7 Å². The summed E-state index contributed by atoms with van der Waals surface area (Å²) in [5.41, 5.74) is 4.97. The summed E-state index contributed by atoms with van der Waals surface area (Å²) in [7, 11) is 1.64. The average molecular weight is 380 g/mol. The number of fused-ring (bicyclic) bond motifs is 1. The van der Waals surface area contributed by atoms with E-state index < -0.39 is 5.91 Å². The van der Waals surface area contributed by atoms with Crippen molar-refractivity contribution in [2.24, 2.45) is 5.41 Å². The van der Waals surface area contributed by atoms with Crippen LogP contribution < -0.4 is 10.2 Å². The molecule has 2 aliphatic rings.